The zero-order valence-electron chi connectivity index (χ0n) is 14.8. The summed E-state index contributed by atoms with van der Waals surface area (Å²) in [6, 6.07) is 13.7. The Labute approximate surface area is 176 Å². The maximum absolute atomic E-state index is 12.3. The standard InChI is InChI=1S/C20H17IN2O3S/c1-12-4-3-5-14(8-12)11-26-17-7-6-13(10-16(17)21)9-15-18(24)22-20(27)23(2)19(15)25/h3-10H,11H2,1-2H3,(H,22,24,27)/b15-9+. The average molecular weight is 492 g/mol. The van der Waals surface area contributed by atoms with Gasteiger partial charge in [-0.1, -0.05) is 35.9 Å². The van der Waals surface area contributed by atoms with Crippen LogP contribution in [-0.4, -0.2) is 28.9 Å². The molecule has 1 heterocycles. The number of carbonyl (C=O) groups excluding carboxylic acids is 2. The molecule has 2 aromatic carbocycles. The fourth-order valence-corrected chi connectivity index (χ4v) is 3.47. The number of likely N-dealkylation sites (N-methyl/N-ethyl adjacent to an activating group) is 1. The van der Waals surface area contributed by atoms with Gasteiger partial charge in [-0.3, -0.25) is 19.8 Å². The van der Waals surface area contributed by atoms with Gasteiger partial charge in [-0.05, 0) is 71.1 Å². The Balaban J connectivity index is 1.77. The number of carbonyl (C=O) groups is 2. The highest BCUT2D eigenvalue weighted by molar-refractivity contribution is 14.1. The summed E-state index contributed by atoms with van der Waals surface area (Å²) in [7, 11) is 1.53. The molecule has 1 aliphatic rings. The second-order valence-electron chi connectivity index (χ2n) is 6.15. The van der Waals surface area contributed by atoms with Gasteiger partial charge in [-0.25, -0.2) is 0 Å². The van der Waals surface area contributed by atoms with E-state index in [1.165, 1.54) is 17.5 Å². The SMILES string of the molecule is Cc1cccc(COc2ccc(/C=C3\C(=O)NC(=S)N(C)C3=O)cc2I)c1. The van der Waals surface area contributed by atoms with Gasteiger partial charge >= 0.3 is 0 Å². The van der Waals surface area contributed by atoms with Crippen LogP contribution in [0.5, 0.6) is 5.75 Å². The molecule has 7 heteroatoms. The predicted octanol–water partition coefficient (Wildman–Crippen LogP) is 3.44. The lowest BCUT2D eigenvalue weighted by atomic mass is 10.1. The van der Waals surface area contributed by atoms with Crippen molar-refractivity contribution in [1.82, 2.24) is 10.2 Å². The van der Waals surface area contributed by atoms with Crippen molar-refractivity contribution >= 4 is 57.8 Å². The first kappa shape index (κ1) is 19.5. The average Bonchev–Trinajstić information content (AvgIpc) is 2.63. The molecule has 138 valence electrons. The van der Waals surface area contributed by atoms with Crippen LogP contribution in [0.2, 0.25) is 0 Å². The van der Waals surface area contributed by atoms with Crippen molar-refractivity contribution < 1.29 is 14.3 Å². The monoisotopic (exact) mass is 492 g/mol. The van der Waals surface area contributed by atoms with E-state index in [1.807, 2.05) is 43.3 Å². The van der Waals surface area contributed by atoms with E-state index in [1.54, 1.807) is 6.08 Å². The van der Waals surface area contributed by atoms with Gasteiger partial charge < -0.3 is 4.74 Å². The van der Waals surface area contributed by atoms with Crippen molar-refractivity contribution in [2.24, 2.45) is 0 Å². The first-order chi connectivity index (χ1) is 12.8. The van der Waals surface area contributed by atoms with Gasteiger partial charge in [0.25, 0.3) is 11.8 Å². The largest absolute Gasteiger partial charge is 0.488 e. The summed E-state index contributed by atoms with van der Waals surface area (Å²) < 4.78 is 6.79. The molecule has 5 nitrogen and oxygen atoms in total. The Kier molecular flexibility index (Phi) is 5.91. The topological polar surface area (TPSA) is 58.6 Å². The molecule has 2 amide bonds. The number of rotatable bonds is 4. The Morgan fingerprint density at radius 2 is 2.00 bits per heavy atom. The minimum absolute atomic E-state index is 0.0512. The Morgan fingerprint density at radius 1 is 1.22 bits per heavy atom. The van der Waals surface area contributed by atoms with Crippen LogP contribution in [0.15, 0.2) is 48.0 Å². The third-order valence-corrected chi connectivity index (χ3v) is 5.27. The minimum atomic E-state index is -0.488. The van der Waals surface area contributed by atoms with Gasteiger partial charge in [0.1, 0.15) is 17.9 Å². The van der Waals surface area contributed by atoms with Crippen LogP contribution in [0.1, 0.15) is 16.7 Å². The molecule has 0 unspecified atom stereocenters. The molecule has 0 aliphatic carbocycles. The van der Waals surface area contributed by atoms with Gasteiger partial charge in [0, 0.05) is 7.05 Å². The predicted molar refractivity (Wildman–Crippen MR) is 116 cm³/mol. The molecule has 0 bridgehead atoms. The van der Waals surface area contributed by atoms with E-state index in [2.05, 4.69) is 34.0 Å². The molecular weight excluding hydrogens is 475 g/mol. The van der Waals surface area contributed by atoms with E-state index >= 15 is 0 Å². The number of hydrogen-bond acceptors (Lipinski definition) is 4. The number of aryl methyl sites for hydroxylation is 1. The van der Waals surface area contributed by atoms with Crippen LogP contribution in [-0.2, 0) is 16.2 Å². The van der Waals surface area contributed by atoms with Crippen molar-refractivity contribution in [2.75, 3.05) is 7.05 Å². The van der Waals surface area contributed by atoms with Crippen molar-refractivity contribution in [1.29, 1.82) is 0 Å². The number of hydrogen-bond donors (Lipinski definition) is 1. The van der Waals surface area contributed by atoms with Crippen molar-refractivity contribution in [3.63, 3.8) is 0 Å². The lowest BCUT2D eigenvalue weighted by Crippen LogP contribution is -2.52. The molecule has 1 saturated heterocycles. The van der Waals surface area contributed by atoms with Crippen LogP contribution in [0.25, 0.3) is 6.08 Å². The number of halogens is 1. The van der Waals surface area contributed by atoms with Crippen LogP contribution in [0.4, 0.5) is 0 Å². The second-order valence-corrected chi connectivity index (χ2v) is 7.70. The lowest BCUT2D eigenvalue weighted by molar-refractivity contribution is -0.128. The van der Waals surface area contributed by atoms with Gasteiger partial charge in [-0.15, -0.1) is 0 Å². The third-order valence-electron chi connectivity index (χ3n) is 4.05. The highest BCUT2D eigenvalue weighted by Crippen LogP contribution is 2.25. The molecule has 27 heavy (non-hydrogen) atoms. The quantitative estimate of drug-likeness (QED) is 0.308. The number of thiocarbonyl (C=S) groups is 1. The summed E-state index contributed by atoms with van der Waals surface area (Å²) in [6.45, 7) is 2.52. The first-order valence-electron chi connectivity index (χ1n) is 8.18. The maximum Gasteiger partial charge on any atom is 0.265 e. The molecule has 0 atom stereocenters. The number of ether oxygens (including phenoxy) is 1. The first-order valence-corrected chi connectivity index (χ1v) is 9.67. The highest BCUT2D eigenvalue weighted by Gasteiger charge is 2.30. The molecule has 0 radical (unpaired) electrons. The number of benzene rings is 2. The molecule has 1 aliphatic heterocycles. The normalized spacial score (nSPS) is 15.9. The van der Waals surface area contributed by atoms with E-state index in [0.29, 0.717) is 6.61 Å². The number of nitrogens with zero attached hydrogens (tertiary/aromatic N) is 1. The number of amides is 2. The molecule has 0 saturated carbocycles. The minimum Gasteiger partial charge on any atom is -0.488 e. The fraction of sp³-hybridized carbons (Fsp3) is 0.150. The molecule has 3 rings (SSSR count). The van der Waals surface area contributed by atoms with Crippen molar-refractivity contribution in [2.45, 2.75) is 13.5 Å². The van der Waals surface area contributed by atoms with Gasteiger partial charge in [-0.2, -0.15) is 0 Å². The van der Waals surface area contributed by atoms with E-state index in [4.69, 9.17) is 17.0 Å². The van der Waals surface area contributed by atoms with Gasteiger partial charge in [0.2, 0.25) is 0 Å². The fourth-order valence-electron chi connectivity index (χ4n) is 2.60. The smallest absolute Gasteiger partial charge is 0.265 e. The Hall–Kier alpha value is -2.26. The molecule has 2 aromatic rings. The molecular formula is C20H17IN2O3S. The summed E-state index contributed by atoms with van der Waals surface area (Å²) in [5.41, 5.74) is 3.07. The van der Waals surface area contributed by atoms with Crippen LogP contribution >= 0.6 is 34.8 Å². The van der Waals surface area contributed by atoms with Crippen LogP contribution in [0.3, 0.4) is 0 Å². The molecule has 0 spiro atoms. The summed E-state index contributed by atoms with van der Waals surface area (Å²) in [6.07, 6.45) is 1.56. The zero-order valence-corrected chi connectivity index (χ0v) is 17.8. The molecule has 1 N–H and O–H groups in total. The van der Waals surface area contributed by atoms with Crippen LogP contribution < -0.4 is 10.1 Å². The van der Waals surface area contributed by atoms with Crippen LogP contribution in [0, 0.1) is 10.5 Å². The van der Waals surface area contributed by atoms with E-state index < -0.39 is 11.8 Å². The summed E-state index contributed by atoms with van der Waals surface area (Å²) in [5.74, 6) is -0.159. The third kappa shape index (κ3) is 4.54. The Bertz CT molecular complexity index is 971. The van der Waals surface area contributed by atoms with E-state index in [-0.39, 0.29) is 10.7 Å². The zero-order chi connectivity index (χ0) is 19.6. The second kappa shape index (κ2) is 8.18. The highest BCUT2D eigenvalue weighted by atomic mass is 127. The lowest BCUT2D eigenvalue weighted by Gasteiger charge is -2.25. The maximum atomic E-state index is 12.3. The molecule has 1 fully saturated rings. The summed E-state index contributed by atoms with van der Waals surface area (Å²) >= 11 is 7.12. The summed E-state index contributed by atoms with van der Waals surface area (Å²) in [5, 5.41) is 2.61. The summed E-state index contributed by atoms with van der Waals surface area (Å²) in [4.78, 5) is 25.6. The van der Waals surface area contributed by atoms with Crippen molar-refractivity contribution in [3.8, 4) is 5.75 Å². The number of nitrogens with one attached hydrogen (secondary N) is 1. The van der Waals surface area contributed by atoms with Gasteiger partial charge in [0.05, 0.1) is 3.57 Å². The van der Waals surface area contributed by atoms with E-state index in [0.717, 1.165) is 20.4 Å². The Morgan fingerprint density at radius 3 is 2.70 bits per heavy atom. The van der Waals surface area contributed by atoms with E-state index in [9.17, 15) is 9.59 Å². The van der Waals surface area contributed by atoms with Crippen molar-refractivity contribution in [3.05, 3.63) is 68.3 Å². The van der Waals surface area contributed by atoms with Gasteiger partial charge in [0.15, 0.2) is 5.11 Å². The molecule has 0 aromatic heterocycles.